The molecule has 1 fully saturated rings. The van der Waals surface area contributed by atoms with Crippen LogP contribution < -0.4 is 5.32 Å². The summed E-state index contributed by atoms with van der Waals surface area (Å²) in [6, 6.07) is 0. The van der Waals surface area contributed by atoms with Gasteiger partial charge in [-0.3, -0.25) is 0 Å². The second-order valence-corrected chi connectivity index (χ2v) is 1.90. The summed E-state index contributed by atoms with van der Waals surface area (Å²) in [5.41, 5.74) is 0. The molecule has 68 valence electrons. The lowest BCUT2D eigenvalue weighted by atomic mass is 10.5. The van der Waals surface area contributed by atoms with Crippen molar-refractivity contribution < 1.29 is 19.4 Å². The first-order valence-corrected chi connectivity index (χ1v) is 3.43. The standard InChI is InChI=1S/C4H6O2.C3H5NO2/c1-2-3-4(5)6;5-3-4-1-2-6-3/h2-3H,1H3,(H,5,6);1-2H2,(H,4,5)/b3-2+;. The van der Waals surface area contributed by atoms with Gasteiger partial charge in [0.2, 0.25) is 0 Å². The van der Waals surface area contributed by atoms with E-state index in [9.17, 15) is 9.59 Å². The predicted octanol–water partition coefficient (Wildman–Crippen LogP) is 0.373. The number of hydrogen-bond donors (Lipinski definition) is 2. The van der Waals surface area contributed by atoms with Gasteiger partial charge in [0, 0.05) is 6.08 Å². The van der Waals surface area contributed by atoms with Crippen LogP contribution in [0.4, 0.5) is 4.79 Å². The normalized spacial score (nSPS) is 14.6. The van der Waals surface area contributed by atoms with Gasteiger partial charge in [-0.1, -0.05) is 6.08 Å². The number of carbonyl (C=O) groups excluding carboxylic acids is 1. The zero-order valence-electron chi connectivity index (χ0n) is 6.74. The van der Waals surface area contributed by atoms with Gasteiger partial charge in [0.15, 0.2) is 0 Å². The number of cyclic esters (lactones) is 1. The molecule has 1 aliphatic rings. The molecule has 0 aromatic heterocycles. The van der Waals surface area contributed by atoms with E-state index in [1.165, 1.54) is 6.08 Å². The molecule has 0 aliphatic carbocycles. The molecule has 0 unspecified atom stereocenters. The molecule has 1 aliphatic heterocycles. The smallest absolute Gasteiger partial charge is 0.407 e. The van der Waals surface area contributed by atoms with E-state index in [1.807, 2.05) is 0 Å². The van der Waals surface area contributed by atoms with Crippen molar-refractivity contribution in [2.24, 2.45) is 0 Å². The lowest BCUT2D eigenvalue weighted by Gasteiger charge is -1.80. The van der Waals surface area contributed by atoms with E-state index in [1.54, 1.807) is 6.92 Å². The maximum absolute atomic E-state index is 9.91. The molecule has 5 heteroatoms. The Morgan fingerprint density at radius 2 is 2.42 bits per heavy atom. The summed E-state index contributed by atoms with van der Waals surface area (Å²) in [4.78, 5) is 19.4. The Bertz CT molecular complexity index is 180. The number of allylic oxidation sites excluding steroid dienone is 1. The van der Waals surface area contributed by atoms with E-state index < -0.39 is 5.97 Å². The van der Waals surface area contributed by atoms with Crippen molar-refractivity contribution in [1.29, 1.82) is 0 Å². The third-order valence-corrected chi connectivity index (χ3v) is 0.914. The highest BCUT2D eigenvalue weighted by molar-refractivity contribution is 5.79. The second kappa shape index (κ2) is 6.21. The largest absolute Gasteiger partial charge is 0.478 e. The number of carboxylic acids is 1. The number of amides is 1. The third kappa shape index (κ3) is 6.60. The van der Waals surface area contributed by atoms with Crippen LogP contribution in [0.15, 0.2) is 12.2 Å². The van der Waals surface area contributed by atoms with Gasteiger partial charge < -0.3 is 15.2 Å². The summed E-state index contributed by atoms with van der Waals surface area (Å²) in [5, 5.41) is 10.3. The number of rotatable bonds is 1. The van der Waals surface area contributed by atoms with E-state index >= 15 is 0 Å². The molecule has 0 saturated carbocycles. The maximum Gasteiger partial charge on any atom is 0.407 e. The molecule has 0 aromatic carbocycles. The number of ether oxygens (including phenoxy) is 1. The molecule has 1 saturated heterocycles. The van der Waals surface area contributed by atoms with Crippen LogP contribution in [0.2, 0.25) is 0 Å². The van der Waals surface area contributed by atoms with Crippen molar-refractivity contribution in [1.82, 2.24) is 5.32 Å². The van der Waals surface area contributed by atoms with Crippen LogP contribution in [0.5, 0.6) is 0 Å². The minimum Gasteiger partial charge on any atom is -0.478 e. The average Bonchev–Trinajstić information content (AvgIpc) is 2.40. The van der Waals surface area contributed by atoms with Crippen molar-refractivity contribution >= 4 is 12.1 Å². The van der Waals surface area contributed by atoms with Gasteiger partial charge in [-0.2, -0.15) is 0 Å². The fourth-order valence-corrected chi connectivity index (χ4v) is 0.490. The van der Waals surface area contributed by atoms with Crippen molar-refractivity contribution in [3.05, 3.63) is 12.2 Å². The second-order valence-electron chi connectivity index (χ2n) is 1.90. The van der Waals surface area contributed by atoms with Crippen molar-refractivity contribution in [2.45, 2.75) is 6.92 Å². The Kier molecular flexibility index (Phi) is 5.42. The number of hydrogen-bond acceptors (Lipinski definition) is 3. The first-order valence-electron chi connectivity index (χ1n) is 3.43. The van der Waals surface area contributed by atoms with Gasteiger partial charge in [-0.25, -0.2) is 9.59 Å². The minimum atomic E-state index is -0.891. The summed E-state index contributed by atoms with van der Waals surface area (Å²) in [6.07, 6.45) is 2.26. The summed E-state index contributed by atoms with van der Waals surface area (Å²) in [7, 11) is 0. The van der Waals surface area contributed by atoms with Crippen LogP contribution in [0, 0.1) is 0 Å². The molecule has 12 heavy (non-hydrogen) atoms. The van der Waals surface area contributed by atoms with Crippen LogP contribution in [0.1, 0.15) is 6.92 Å². The summed E-state index contributed by atoms with van der Waals surface area (Å²) < 4.78 is 4.40. The number of carboxylic acid groups (broad SMARTS) is 1. The Morgan fingerprint density at radius 1 is 1.75 bits per heavy atom. The maximum atomic E-state index is 9.91. The Balaban J connectivity index is 0.000000202. The fraction of sp³-hybridized carbons (Fsp3) is 0.429. The molecule has 1 rings (SSSR count). The number of aliphatic carboxylic acids is 1. The van der Waals surface area contributed by atoms with Crippen molar-refractivity contribution in [3.8, 4) is 0 Å². The predicted molar refractivity (Wildman–Crippen MR) is 41.8 cm³/mol. The fourth-order valence-electron chi connectivity index (χ4n) is 0.490. The number of nitrogens with one attached hydrogen (secondary N) is 1. The van der Waals surface area contributed by atoms with Crippen LogP contribution in [-0.2, 0) is 9.53 Å². The Labute approximate surface area is 70.0 Å². The van der Waals surface area contributed by atoms with E-state index in [4.69, 9.17) is 5.11 Å². The van der Waals surface area contributed by atoms with Crippen molar-refractivity contribution in [3.63, 3.8) is 0 Å². The molecule has 1 heterocycles. The average molecular weight is 173 g/mol. The highest BCUT2D eigenvalue weighted by Gasteiger charge is 2.06. The zero-order chi connectivity index (χ0) is 9.40. The molecule has 0 bridgehead atoms. The summed E-state index contributed by atoms with van der Waals surface area (Å²) in [6.45, 7) is 2.85. The highest BCUT2D eigenvalue weighted by Crippen LogP contribution is 1.82. The van der Waals surface area contributed by atoms with Gasteiger partial charge in [0.1, 0.15) is 6.61 Å². The highest BCUT2D eigenvalue weighted by atomic mass is 16.6. The molecular weight excluding hydrogens is 162 g/mol. The molecule has 5 nitrogen and oxygen atoms in total. The molecule has 2 N–H and O–H groups in total. The Morgan fingerprint density at radius 3 is 2.50 bits per heavy atom. The Hall–Kier alpha value is -1.52. The third-order valence-electron chi connectivity index (χ3n) is 0.914. The SMILES string of the molecule is C/C=C/C(=O)O.O=C1NCCO1. The summed E-state index contributed by atoms with van der Waals surface area (Å²) in [5.74, 6) is -0.891. The topological polar surface area (TPSA) is 75.6 Å². The number of carbonyl (C=O) groups is 2. The summed E-state index contributed by atoms with van der Waals surface area (Å²) >= 11 is 0. The van der Waals surface area contributed by atoms with Crippen LogP contribution in [-0.4, -0.2) is 30.3 Å². The van der Waals surface area contributed by atoms with Crippen LogP contribution in [0.25, 0.3) is 0 Å². The lowest BCUT2D eigenvalue weighted by molar-refractivity contribution is -0.131. The molecule has 0 radical (unpaired) electrons. The van der Waals surface area contributed by atoms with Crippen LogP contribution >= 0.6 is 0 Å². The molecule has 0 atom stereocenters. The van der Waals surface area contributed by atoms with E-state index in [0.29, 0.717) is 13.2 Å². The first kappa shape index (κ1) is 10.5. The minimum absolute atomic E-state index is 0.296. The quantitative estimate of drug-likeness (QED) is 0.562. The van der Waals surface area contributed by atoms with Gasteiger partial charge in [-0.15, -0.1) is 0 Å². The van der Waals surface area contributed by atoms with E-state index in [2.05, 4.69) is 10.1 Å². The van der Waals surface area contributed by atoms with Gasteiger partial charge in [-0.05, 0) is 6.92 Å². The van der Waals surface area contributed by atoms with Crippen molar-refractivity contribution in [2.75, 3.05) is 13.2 Å². The van der Waals surface area contributed by atoms with E-state index in [0.717, 1.165) is 6.08 Å². The van der Waals surface area contributed by atoms with Gasteiger partial charge >= 0.3 is 12.1 Å². The van der Waals surface area contributed by atoms with Gasteiger partial charge in [0.25, 0.3) is 0 Å². The molecule has 1 amide bonds. The van der Waals surface area contributed by atoms with E-state index in [-0.39, 0.29) is 6.09 Å². The molecule has 0 aromatic rings. The number of alkyl carbamates (subject to hydrolysis) is 1. The lowest BCUT2D eigenvalue weighted by Crippen LogP contribution is -2.11. The molecule has 0 spiro atoms. The van der Waals surface area contributed by atoms with Gasteiger partial charge in [0.05, 0.1) is 6.54 Å². The first-order chi connectivity index (χ1) is 5.66. The monoisotopic (exact) mass is 173 g/mol. The zero-order valence-corrected chi connectivity index (χ0v) is 6.74. The van der Waals surface area contributed by atoms with Crippen LogP contribution in [0.3, 0.4) is 0 Å². The molecular formula is C7H11NO4.